The molecule has 0 aliphatic carbocycles. The normalized spacial score (nSPS) is 18.6. The number of amides is 1. The van der Waals surface area contributed by atoms with Gasteiger partial charge >= 0.3 is 0 Å². The fourth-order valence-corrected chi connectivity index (χ4v) is 3.65. The van der Waals surface area contributed by atoms with Crippen molar-refractivity contribution in [1.29, 1.82) is 0 Å². The van der Waals surface area contributed by atoms with Gasteiger partial charge in [-0.3, -0.25) is 14.9 Å². The minimum atomic E-state index is -0.521. The summed E-state index contributed by atoms with van der Waals surface area (Å²) in [4.78, 5) is 34.1. The van der Waals surface area contributed by atoms with Crippen LogP contribution >= 0.6 is 0 Å². The van der Waals surface area contributed by atoms with E-state index in [1.807, 2.05) is 19.9 Å². The molecule has 3 heterocycles. The fraction of sp³-hybridized carbons (Fsp3) is 0.286. The van der Waals surface area contributed by atoms with Crippen molar-refractivity contribution in [2.45, 2.75) is 26.1 Å². The van der Waals surface area contributed by atoms with Crippen LogP contribution < -0.4 is 10.2 Å². The smallest absolute Gasteiger partial charge is 0.294 e. The molecule has 1 saturated heterocycles. The van der Waals surface area contributed by atoms with Crippen molar-refractivity contribution in [2.24, 2.45) is 0 Å². The van der Waals surface area contributed by atoms with Crippen molar-refractivity contribution >= 4 is 23.1 Å². The number of nitrogens with zero attached hydrogens (tertiary/aromatic N) is 5. The molecule has 0 saturated carbocycles. The summed E-state index contributed by atoms with van der Waals surface area (Å²) in [5.74, 6) is 0.351. The highest BCUT2D eigenvalue weighted by Gasteiger charge is 2.23. The maximum Gasteiger partial charge on any atom is 0.294 e. The topological polar surface area (TPSA) is 115 Å². The lowest BCUT2D eigenvalue weighted by Crippen LogP contribution is -2.45. The van der Waals surface area contributed by atoms with Gasteiger partial charge < -0.3 is 19.5 Å². The number of aromatic nitrogens is 3. The molecule has 2 aromatic heterocycles. The number of carbonyl (C=O) groups is 1. The summed E-state index contributed by atoms with van der Waals surface area (Å²) < 4.78 is 7.27. The van der Waals surface area contributed by atoms with E-state index in [9.17, 15) is 14.9 Å². The average Bonchev–Trinajstić information content (AvgIpc) is 3.28. The molecule has 3 aromatic rings. The maximum atomic E-state index is 12.7. The van der Waals surface area contributed by atoms with Crippen LogP contribution in [0.25, 0.3) is 5.69 Å². The number of anilines is 2. The Morgan fingerprint density at radius 2 is 2.00 bits per heavy atom. The average molecular weight is 422 g/mol. The van der Waals surface area contributed by atoms with Gasteiger partial charge in [0.05, 0.1) is 35.3 Å². The lowest BCUT2D eigenvalue weighted by molar-refractivity contribution is -0.384. The first-order chi connectivity index (χ1) is 14.9. The van der Waals surface area contributed by atoms with Crippen molar-refractivity contribution < 1.29 is 14.5 Å². The van der Waals surface area contributed by atoms with Crippen LogP contribution in [0.1, 0.15) is 24.2 Å². The Labute approximate surface area is 178 Å². The lowest BCUT2D eigenvalue weighted by Gasteiger charge is -2.36. The number of morpholine rings is 1. The molecular formula is C21H22N6O4. The number of rotatable bonds is 5. The van der Waals surface area contributed by atoms with Gasteiger partial charge in [-0.25, -0.2) is 9.97 Å². The van der Waals surface area contributed by atoms with Crippen molar-refractivity contribution in [3.05, 3.63) is 70.9 Å². The van der Waals surface area contributed by atoms with Crippen molar-refractivity contribution in [1.82, 2.24) is 14.5 Å². The molecule has 10 nitrogen and oxygen atoms in total. The van der Waals surface area contributed by atoms with E-state index in [-0.39, 0.29) is 23.5 Å². The zero-order valence-electron chi connectivity index (χ0n) is 17.1. The highest BCUT2D eigenvalue weighted by molar-refractivity contribution is 6.04. The Balaban J connectivity index is 1.49. The number of ether oxygens (including phenoxy) is 1. The van der Waals surface area contributed by atoms with Crippen LogP contribution in [-0.4, -0.2) is 50.7 Å². The van der Waals surface area contributed by atoms with Gasteiger partial charge in [0, 0.05) is 37.1 Å². The van der Waals surface area contributed by atoms with Crippen LogP contribution in [0.2, 0.25) is 0 Å². The number of nitro groups is 1. The number of benzene rings is 1. The highest BCUT2D eigenvalue weighted by Crippen LogP contribution is 2.25. The monoisotopic (exact) mass is 422 g/mol. The minimum Gasteiger partial charge on any atom is -0.372 e. The van der Waals surface area contributed by atoms with Gasteiger partial charge in [0.1, 0.15) is 11.5 Å². The highest BCUT2D eigenvalue weighted by atomic mass is 16.6. The summed E-state index contributed by atoms with van der Waals surface area (Å²) in [6.07, 6.45) is 6.40. The Bertz CT molecular complexity index is 1070. The Hall–Kier alpha value is -3.79. The van der Waals surface area contributed by atoms with Gasteiger partial charge in [-0.15, -0.1) is 0 Å². The number of hydrogen-bond acceptors (Lipinski definition) is 7. The van der Waals surface area contributed by atoms with Gasteiger partial charge in [0.25, 0.3) is 11.6 Å². The largest absolute Gasteiger partial charge is 0.372 e. The number of imidazole rings is 1. The van der Waals surface area contributed by atoms with Crippen molar-refractivity contribution in [3.8, 4) is 5.69 Å². The Morgan fingerprint density at radius 3 is 2.61 bits per heavy atom. The molecule has 0 bridgehead atoms. The van der Waals surface area contributed by atoms with E-state index in [1.54, 1.807) is 18.5 Å². The van der Waals surface area contributed by atoms with Gasteiger partial charge in [0.2, 0.25) is 0 Å². The standard InChI is InChI=1S/C21H22N6O4/c1-14-11-26(12-15(2)31-14)20-6-4-17(10-23-20)24-21(28)16-3-5-18(19(9-16)27(29)30)25-8-7-22-13-25/h3-10,13-15H,11-12H2,1-2H3,(H,24,28). The molecular weight excluding hydrogens is 400 g/mol. The molecule has 1 aliphatic rings. The van der Waals surface area contributed by atoms with E-state index < -0.39 is 10.8 Å². The predicted octanol–water partition coefficient (Wildman–Crippen LogP) is 3.04. The molecule has 2 unspecified atom stereocenters. The third-order valence-electron chi connectivity index (χ3n) is 4.97. The number of nitrogens with one attached hydrogen (secondary N) is 1. The first kappa shape index (κ1) is 20.5. The molecule has 1 amide bonds. The lowest BCUT2D eigenvalue weighted by atomic mass is 10.1. The third-order valence-corrected chi connectivity index (χ3v) is 4.97. The molecule has 1 fully saturated rings. The van der Waals surface area contributed by atoms with E-state index in [0.717, 1.165) is 18.9 Å². The SMILES string of the molecule is CC1CN(c2ccc(NC(=O)c3ccc(-n4ccnc4)c([N+](=O)[O-])c3)cn2)CC(C)O1. The van der Waals surface area contributed by atoms with Gasteiger partial charge in [-0.05, 0) is 38.1 Å². The van der Waals surface area contributed by atoms with Crippen LogP contribution in [-0.2, 0) is 4.74 Å². The van der Waals surface area contributed by atoms with E-state index >= 15 is 0 Å². The second kappa shape index (κ2) is 8.52. The van der Waals surface area contributed by atoms with E-state index in [0.29, 0.717) is 11.4 Å². The van der Waals surface area contributed by atoms with E-state index in [1.165, 1.54) is 35.3 Å². The minimum absolute atomic E-state index is 0.117. The van der Waals surface area contributed by atoms with E-state index in [2.05, 4.69) is 20.2 Å². The summed E-state index contributed by atoms with van der Waals surface area (Å²) in [5.41, 5.74) is 0.827. The first-order valence-electron chi connectivity index (χ1n) is 9.85. The molecule has 160 valence electrons. The molecule has 0 spiro atoms. The Kier molecular flexibility index (Phi) is 5.63. The zero-order chi connectivity index (χ0) is 22.0. The summed E-state index contributed by atoms with van der Waals surface area (Å²) in [7, 11) is 0. The maximum absolute atomic E-state index is 12.7. The first-order valence-corrected chi connectivity index (χ1v) is 9.85. The van der Waals surface area contributed by atoms with Crippen LogP contribution in [0.15, 0.2) is 55.2 Å². The van der Waals surface area contributed by atoms with Crippen LogP contribution in [0, 0.1) is 10.1 Å². The predicted molar refractivity (Wildman–Crippen MR) is 115 cm³/mol. The second-order valence-electron chi connectivity index (χ2n) is 7.45. The summed E-state index contributed by atoms with van der Waals surface area (Å²) >= 11 is 0. The van der Waals surface area contributed by atoms with Gasteiger partial charge in [0.15, 0.2) is 0 Å². The molecule has 31 heavy (non-hydrogen) atoms. The second-order valence-corrected chi connectivity index (χ2v) is 7.45. The van der Waals surface area contributed by atoms with Gasteiger partial charge in [-0.1, -0.05) is 0 Å². The number of carbonyl (C=O) groups excluding carboxylic acids is 1. The van der Waals surface area contributed by atoms with Gasteiger partial charge in [-0.2, -0.15) is 0 Å². The van der Waals surface area contributed by atoms with E-state index in [4.69, 9.17) is 4.74 Å². The molecule has 0 radical (unpaired) electrons. The van der Waals surface area contributed by atoms with Crippen LogP contribution in [0.5, 0.6) is 0 Å². The van der Waals surface area contributed by atoms with Crippen LogP contribution in [0.4, 0.5) is 17.2 Å². The fourth-order valence-electron chi connectivity index (χ4n) is 3.65. The Morgan fingerprint density at radius 1 is 1.23 bits per heavy atom. The van der Waals surface area contributed by atoms with Crippen molar-refractivity contribution in [2.75, 3.05) is 23.3 Å². The quantitative estimate of drug-likeness (QED) is 0.496. The zero-order valence-corrected chi connectivity index (χ0v) is 17.1. The summed E-state index contributed by atoms with van der Waals surface area (Å²) in [6, 6.07) is 7.92. The third kappa shape index (κ3) is 4.53. The number of nitro benzene ring substituents is 1. The number of hydrogen-bond donors (Lipinski definition) is 1. The van der Waals surface area contributed by atoms with Crippen molar-refractivity contribution in [3.63, 3.8) is 0 Å². The molecule has 1 N–H and O–H groups in total. The molecule has 1 aromatic carbocycles. The molecule has 2 atom stereocenters. The summed E-state index contributed by atoms with van der Waals surface area (Å²) in [5, 5.41) is 14.2. The number of pyridine rings is 1. The summed E-state index contributed by atoms with van der Waals surface area (Å²) in [6.45, 7) is 5.54. The molecule has 1 aliphatic heterocycles. The van der Waals surface area contributed by atoms with Crippen LogP contribution in [0.3, 0.4) is 0 Å². The molecule has 10 heteroatoms. The molecule has 4 rings (SSSR count).